The second kappa shape index (κ2) is 11.0. The van der Waals surface area contributed by atoms with E-state index in [2.05, 4.69) is 26.9 Å². The summed E-state index contributed by atoms with van der Waals surface area (Å²) in [4.78, 5) is 21.7. The number of aromatic nitrogens is 1. The van der Waals surface area contributed by atoms with Gasteiger partial charge in [-0.1, -0.05) is 30.3 Å². The fourth-order valence-corrected chi connectivity index (χ4v) is 5.73. The van der Waals surface area contributed by atoms with Gasteiger partial charge in [-0.15, -0.1) is 0 Å². The summed E-state index contributed by atoms with van der Waals surface area (Å²) in [5.41, 5.74) is 3.99. The van der Waals surface area contributed by atoms with Crippen LogP contribution in [-0.4, -0.2) is 63.3 Å². The summed E-state index contributed by atoms with van der Waals surface area (Å²) < 4.78 is 26.9. The van der Waals surface area contributed by atoms with Gasteiger partial charge in [-0.2, -0.15) is 0 Å². The molecule has 0 unspecified atom stereocenters. The van der Waals surface area contributed by atoms with Gasteiger partial charge < -0.3 is 9.80 Å². The van der Waals surface area contributed by atoms with Crippen LogP contribution >= 0.6 is 0 Å². The molecule has 1 saturated heterocycles. The molecule has 0 saturated carbocycles. The Hall–Kier alpha value is -3.23. The predicted molar refractivity (Wildman–Crippen MR) is 139 cm³/mol. The maximum absolute atomic E-state index is 12.8. The highest BCUT2D eigenvalue weighted by Crippen LogP contribution is 2.21. The van der Waals surface area contributed by atoms with Crippen LogP contribution in [0.5, 0.6) is 0 Å². The molecule has 1 aromatic heterocycles. The SMILES string of the molecule is Cc1ccccc1S(=O)(=O)N(C)CCC(=O)Cc1ccc(N2CCN(c3ccncc3)CC2)cc1. The molecule has 2 aromatic carbocycles. The number of benzene rings is 2. The van der Waals surface area contributed by atoms with Crippen LogP contribution in [0.15, 0.2) is 78.0 Å². The molecule has 0 amide bonds. The lowest BCUT2D eigenvalue weighted by atomic mass is 10.1. The molecule has 2 heterocycles. The minimum Gasteiger partial charge on any atom is -0.368 e. The zero-order valence-corrected chi connectivity index (χ0v) is 21.1. The van der Waals surface area contributed by atoms with Crippen molar-refractivity contribution in [2.24, 2.45) is 0 Å². The van der Waals surface area contributed by atoms with Gasteiger partial charge in [-0.25, -0.2) is 12.7 Å². The van der Waals surface area contributed by atoms with Crippen LogP contribution in [0.1, 0.15) is 17.5 Å². The average molecular weight is 493 g/mol. The summed E-state index contributed by atoms with van der Waals surface area (Å²) in [6.07, 6.45) is 4.13. The van der Waals surface area contributed by atoms with Gasteiger partial charge in [0.25, 0.3) is 0 Å². The third-order valence-corrected chi connectivity index (χ3v) is 8.51. The molecule has 0 radical (unpaired) electrons. The molecule has 4 rings (SSSR count). The van der Waals surface area contributed by atoms with Gasteiger partial charge >= 0.3 is 0 Å². The molecule has 0 aliphatic carbocycles. The molecule has 0 bridgehead atoms. The van der Waals surface area contributed by atoms with Gasteiger partial charge in [0.15, 0.2) is 0 Å². The van der Waals surface area contributed by atoms with Crippen molar-refractivity contribution in [3.8, 4) is 0 Å². The van der Waals surface area contributed by atoms with Gasteiger partial charge in [0.2, 0.25) is 10.0 Å². The summed E-state index contributed by atoms with van der Waals surface area (Å²) >= 11 is 0. The van der Waals surface area contributed by atoms with Crippen molar-refractivity contribution >= 4 is 27.2 Å². The van der Waals surface area contributed by atoms with Crippen LogP contribution in [0.4, 0.5) is 11.4 Å². The Morgan fingerprint density at radius 1 is 0.886 bits per heavy atom. The monoisotopic (exact) mass is 492 g/mol. The number of anilines is 2. The lowest BCUT2D eigenvalue weighted by Gasteiger charge is -2.37. The molecule has 1 aliphatic heterocycles. The largest absolute Gasteiger partial charge is 0.368 e. The van der Waals surface area contributed by atoms with Crippen LogP contribution in [0, 0.1) is 6.92 Å². The predicted octanol–water partition coefficient (Wildman–Crippen LogP) is 3.54. The number of ketones is 1. The summed E-state index contributed by atoms with van der Waals surface area (Å²) in [5, 5.41) is 0. The molecule has 1 aliphatic rings. The van der Waals surface area contributed by atoms with Crippen molar-refractivity contribution in [3.63, 3.8) is 0 Å². The second-order valence-corrected chi connectivity index (χ2v) is 10.9. The topological polar surface area (TPSA) is 73.8 Å². The summed E-state index contributed by atoms with van der Waals surface area (Å²) in [5.74, 6) is 0.0237. The molecule has 0 atom stereocenters. The number of sulfonamides is 1. The number of pyridine rings is 1. The average Bonchev–Trinajstić information content (AvgIpc) is 2.88. The molecular formula is C27H32N4O3S. The Kier molecular flexibility index (Phi) is 7.83. The van der Waals surface area contributed by atoms with Gasteiger partial charge in [0.1, 0.15) is 5.78 Å². The summed E-state index contributed by atoms with van der Waals surface area (Å²) in [6.45, 7) is 5.70. The first-order valence-corrected chi connectivity index (χ1v) is 13.3. The number of aryl methyl sites for hydroxylation is 1. The highest BCUT2D eigenvalue weighted by Gasteiger charge is 2.23. The first kappa shape index (κ1) is 24.9. The highest BCUT2D eigenvalue weighted by molar-refractivity contribution is 7.89. The normalized spacial score (nSPS) is 14.4. The zero-order chi connectivity index (χ0) is 24.8. The van der Waals surface area contributed by atoms with Crippen molar-refractivity contribution in [3.05, 3.63) is 84.2 Å². The molecule has 1 fully saturated rings. The summed E-state index contributed by atoms with van der Waals surface area (Å²) in [6, 6.07) is 19.1. The highest BCUT2D eigenvalue weighted by atomic mass is 32.2. The van der Waals surface area contributed by atoms with Crippen molar-refractivity contribution in [2.45, 2.75) is 24.7 Å². The van der Waals surface area contributed by atoms with Gasteiger partial charge in [0, 0.05) is 76.4 Å². The van der Waals surface area contributed by atoms with Gasteiger partial charge in [-0.3, -0.25) is 9.78 Å². The van der Waals surface area contributed by atoms with E-state index >= 15 is 0 Å². The lowest BCUT2D eigenvalue weighted by molar-refractivity contribution is -0.118. The van der Waals surface area contributed by atoms with E-state index in [9.17, 15) is 13.2 Å². The first-order valence-electron chi connectivity index (χ1n) is 11.9. The third kappa shape index (κ3) is 6.07. The molecule has 0 N–H and O–H groups in total. The number of rotatable bonds is 9. The lowest BCUT2D eigenvalue weighted by Crippen LogP contribution is -2.46. The van der Waals surface area contributed by atoms with Gasteiger partial charge in [-0.05, 0) is 48.4 Å². The minimum absolute atomic E-state index is 0.0237. The Morgan fingerprint density at radius 2 is 1.46 bits per heavy atom. The molecule has 3 aromatic rings. The molecule has 0 spiro atoms. The Morgan fingerprint density at radius 3 is 2.06 bits per heavy atom. The van der Waals surface area contributed by atoms with Crippen LogP contribution < -0.4 is 9.80 Å². The Bertz CT molecular complexity index is 1240. The van der Waals surface area contributed by atoms with Crippen molar-refractivity contribution in [1.82, 2.24) is 9.29 Å². The Balaban J connectivity index is 1.26. The number of carbonyl (C=O) groups is 1. The quantitative estimate of drug-likeness (QED) is 0.455. The standard InChI is InChI=1S/C27H32N4O3S/c1-22-5-3-4-6-27(22)35(33,34)29(2)16-13-26(32)21-23-7-9-24(10-8-23)30-17-19-31(20-18-30)25-11-14-28-15-12-25/h3-12,14-15H,13,16-21H2,1-2H3. The van der Waals surface area contributed by atoms with Crippen molar-refractivity contribution in [2.75, 3.05) is 49.6 Å². The van der Waals surface area contributed by atoms with E-state index in [0.29, 0.717) is 12.0 Å². The fourth-order valence-electron chi connectivity index (χ4n) is 4.33. The van der Waals surface area contributed by atoms with E-state index in [1.54, 1.807) is 25.1 Å². The van der Waals surface area contributed by atoms with Crippen molar-refractivity contribution in [1.29, 1.82) is 0 Å². The minimum atomic E-state index is -3.61. The van der Waals surface area contributed by atoms with Crippen LogP contribution in [0.3, 0.4) is 0 Å². The first-order chi connectivity index (χ1) is 16.8. The van der Waals surface area contributed by atoms with E-state index in [1.165, 1.54) is 17.0 Å². The maximum atomic E-state index is 12.8. The van der Waals surface area contributed by atoms with E-state index < -0.39 is 10.0 Å². The van der Waals surface area contributed by atoms with E-state index in [4.69, 9.17) is 0 Å². The molecule has 184 valence electrons. The van der Waals surface area contributed by atoms with Gasteiger partial charge in [0.05, 0.1) is 4.90 Å². The van der Waals surface area contributed by atoms with E-state index in [-0.39, 0.29) is 23.6 Å². The third-order valence-electron chi connectivity index (χ3n) is 6.50. The second-order valence-electron chi connectivity index (χ2n) is 8.90. The van der Waals surface area contributed by atoms with Crippen LogP contribution in [-0.2, 0) is 21.2 Å². The molecule has 35 heavy (non-hydrogen) atoms. The number of carbonyl (C=O) groups excluding carboxylic acids is 1. The van der Waals surface area contributed by atoms with Crippen LogP contribution in [0.2, 0.25) is 0 Å². The zero-order valence-electron chi connectivity index (χ0n) is 20.3. The number of hydrogen-bond acceptors (Lipinski definition) is 6. The smallest absolute Gasteiger partial charge is 0.243 e. The maximum Gasteiger partial charge on any atom is 0.243 e. The number of nitrogens with zero attached hydrogens (tertiary/aromatic N) is 4. The molecule has 7 nitrogen and oxygen atoms in total. The number of Topliss-reactive ketones (excluding diaryl/α,β-unsaturated/α-hetero) is 1. The number of hydrogen-bond donors (Lipinski definition) is 0. The fraction of sp³-hybridized carbons (Fsp3) is 0.333. The van der Waals surface area contributed by atoms with Crippen LogP contribution in [0.25, 0.3) is 0 Å². The summed E-state index contributed by atoms with van der Waals surface area (Å²) in [7, 11) is -2.08. The van der Waals surface area contributed by atoms with Crippen molar-refractivity contribution < 1.29 is 13.2 Å². The molecular weight excluding hydrogens is 460 g/mol. The molecule has 8 heteroatoms. The Labute approximate surface area is 208 Å². The number of piperazine rings is 1. The van der Waals surface area contributed by atoms with E-state index in [0.717, 1.165) is 37.4 Å². The van der Waals surface area contributed by atoms with E-state index in [1.807, 2.05) is 42.7 Å².